The number of piperidine rings is 1. The number of ether oxygens (including phenoxy) is 2. The Morgan fingerprint density at radius 1 is 1.16 bits per heavy atom. The maximum Gasteiger partial charge on any atom is 0.415 e. The topological polar surface area (TPSA) is 66.6 Å². The molecule has 7 heteroatoms. The molecule has 0 saturated carbocycles. The Morgan fingerprint density at radius 3 is 2.69 bits per heavy atom. The summed E-state index contributed by atoms with van der Waals surface area (Å²) in [6.45, 7) is 6.04. The van der Waals surface area contributed by atoms with E-state index in [9.17, 15) is 4.79 Å². The highest BCUT2D eigenvalue weighted by Crippen LogP contribution is 2.39. The summed E-state index contributed by atoms with van der Waals surface area (Å²) in [6.07, 6.45) is 3.73. The van der Waals surface area contributed by atoms with Gasteiger partial charge in [-0.05, 0) is 73.8 Å². The number of H-pyrrole nitrogens is 1. The molecule has 2 N–H and O–H groups in total. The number of benzene rings is 2. The third-order valence-electron chi connectivity index (χ3n) is 6.29. The second-order valence-electron chi connectivity index (χ2n) is 8.24. The Hall–Kier alpha value is -2.96. The van der Waals surface area contributed by atoms with Crippen molar-refractivity contribution in [2.24, 2.45) is 0 Å². The lowest BCUT2D eigenvalue weighted by Crippen LogP contribution is -2.40. The summed E-state index contributed by atoms with van der Waals surface area (Å²) in [4.78, 5) is 18.0. The van der Waals surface area contributed by atoms with Crippen LogP contribution < -0.4 is 10.1 Å². The molecule has 2 aliphatic heterocycles. The van der Waals surface area contributed by atoms with Crippen LogP contribution in [0.1, 0.15) is 35.7 Å². The van der Waals surface area contributed by atoms with Crippen molar-refractivity contribution >= 4 is 28.6 Å². The van der Waals surface area contributed by atoms with E-state index < -0.39 is 6.09 Å². The molecule has 1 aromatic heterocycles. The molecule has 0 unspecified atom stereocenters. The summed E-state index contributed by atoms with van der Waals surface area (Å²) in [6, 6.07) is 13.6. The van der Waals surface area contributed by atoms with E-state index in [4.69, 9.17) is 21.1 Å². The number of hydrogen-bond donors (Lipinski definition) is 2. The van der Waals surface area contributed by atoms with Crippen LogP contribution in [-0.4, -0.2) is 41.7 Å². The molecule has 1 saturated heterocycles. The quantitative estimate of drug-likeness (QED) is 0.536. The first-order valence-electron chi connectivity index (χ1n) is 11.0. The van der Waals surface area contributed by atoms with E-state index in [1.165, 1.54) is 11.8 Å². The average molecular weight is 452 g/mol. The maximum absolute atomic E-state index is 12.8. The number of carbonyl (C=O) groups is 1. The first-order valence-corrected chi connectivity index (χ1v) is 11.4. The van der Waals surface area contributed by atoms with Gasteiger partial charge in [0.1, 0.15) is 17.9 Å². The molecule has 0 aliphatic carbocycles. The number of hydrogen-bond acceptors (Lipinski definition) is 4. The summed E-state index contributed by atoms with van der Waals surface area (Å²) in [5, 5.41) is 5.15. The zero-order chi connectivity index (χ0) is 22.1. The second-order valence-corrected chi connectivity index (χ2v) is 8.68. The van der Waals surface area contributed by atoms with Crippen LogP contribution in [0.4, 0.5) is 4.79 Å². The van der Waals surface area contributed by atoms with E-state index in [1.54, 1.807) is 4.90 Å². The fourth-order valence-corrected chi connectivity index (χ4v) is 4.95. The van der Waals surface area contributed by atoms with E-state index in [2.05, 4.69) is 16.9 Å². The molecule has 3 heterocycles. The number of fused-ring (bicyclic) bond motifs is 3. The SMILES string of the molecule is C=COC(=O)N1CCc2c([nH]c3ccc(Cl)cc23)[C@@H]1c1ccc(OC2CCNCC2)cc1. The normalized spacial score (nSPS) is 18.9. The van der Waals surface area contributed by atoms with Crippen molar-refractivity contribution in [2.45, 2.75) is 31.4 Å². The van der Waals surface area contributed by atoms with Gasteiger partial charge < -0.3 is 19.8 Å². The predicted molar refractivity (Wildman–Crippen MR) is 125 cm³/mol. The monoisotopic (exact) mass is 451 g/mol. The Balaban J connectivity index is 1.50. The Labute approximate surface area is 192 Å². The van der Waals surface area contributed by atoms with Crippen molar-refractivity contribution in [2.75, 3.05) is 19.6 Å². The summed E-state index contributed by atoms with van der Waals surface area (Å²) in [5.74, 6) is 0.848. The summed E-state index contributed by atoms with van der Waals surface area (Å²) < 4.78 is 11.3. The van der Waals surface area contributed by atoms with Gasteiger partial charge in [0, 0.05) is 28.2 Å². The smallest absolute Gasteiger partial charge is 0.415 e. The van der Waals surface area contributed by atoms with Gasteiger partial charge in [0.05, 0.1) is 6.26 Å². The van der Waals surface area contributed by atoms with Gasteiger partial charge in [-0.3, -0.25) is 4.90 Å². The lowest BCUT2D eigenvalue weighted by Gasteiger charge is -2.35. The molecule has 5 rings (SSSR count). The van der Waals surface area contributed by atoms with Crippen LogP contribution in [0.5, 0.6) is 5.75 Å². The fourth-order valence-electron chi connectivity index (χ4n) is 4.78. The molecular weight excluding hydrogens is 426 g/mol. The molecule has 0 spiro atoms. The molecular formula is C25H26ClN3O3. The first kappa shape index (κ1) is 20.9. The van der Waals surface area contributed by atoms with Gasteiger partial charge in [0.25, 0.3) is 0 Å². The van der Waals surface area contributed by atoms with Crippen LogP contribution in [0.2, 0.25) is 5.02 Å². The maximum atomic E-state index is 12.8. The van der Waals surface area contributed by atoms with Crippen molar-refractivity contribution in [3.8, 4) is 5.75 Å². The molecule has 3 aromatic rings. The van der Waals surface area contributed by atoms with Gasteiger partial charge in [-0.2, -0.15) is 0 Å². The number of rotatable bonds is 4. The minimum absolute atomic E-state index is 0.237. The number of aromatic amines is 1. The number of amides is 1. The van der Waals surface area contributed by atoms with Crippen molar-refractivity contribution in [3.63, 3.8) is 0 Å². The van der Waals surface area contributed by atoms with E-state index in [1.807, 2.05) is 42.5 Å². The molecule has 2 aromatic carbocycles. The number of aromatic nitrogens is 1. The van der Waals surface area contributed by atoms with E-state index in [0.717, 1.165) is 60.3 Å². The minimum atomic E-state index is -0.414. The van der Waals surface area contributed by atoms with Gasteiger partial charge >= 0.3 is 6.09 Å². The van der Waals surface area contributed by atoms with Crippen LogP contribution in [0.3, 0.4) is 0 Å². The van der Waals surface area contributed by atoms with Crippen molar-refractivity contribution < 1.29 is 14.3 Å². The lowest BCUT2D eigenvalue weighted by molar-refractivity contribution is 0.121. The third-order valence-corrected chi connectivity index (χ3v) is 6.53. The van der Waals surface area contributed by atoms with Crippen molar-refractivity contribution in [1.29, 1.82) is 0 Å². The average Bonchev–Trinajstić information content (AvgIpc) is 3.18. The zero-order valence-corrected chi connectivity index (χ0v) is 18.5. The summed E-state index contributed by atoms with van der Waals surface area (Å²) in [5.41, 5.74) is 4.17. The Bertz CT molecular complexity index is 1140. The number of carbonyl (C=O) groups excluding carboxylic acids is 1. The zero-order valence-electron chi connectivity index (χ0n) is 17.8. The minimum Gasteiger partial charge on any atom is -0.490 e. The van der Waals surface area contributed by atoms with Crippen LogP contribution in [0.25, 0.3) is 10.9 Å². The fraction of sp³-hybridized carbons (Fsp3) is 0.320. The van der Waals surface area contributed by atoms with Crippen LogP contribution in [-0.2, 0) is 11.2 Å². The first-order chi connectivity index (χ1) is 15.6. The second kappa shape index (κ2) is 8.88. The van der Waals surface area contributed by atoms with Crippen molar-refractivity contribution in [1.82, 2.24) is 15.2 Å². The molecule has 166 valence electrons. The predicted octanol–water partition coefficient (Wildman–Crippen LogP) is 5.18. The highest BCUT2D eigenvalue weighted by atomic mass is 35.5. The standard InChI is InChI=1S/C25H26ClN3O3/c1-2-31-25(30)29-14-11-20-21-15-17(26)5-8-22(21)28-23(20)24(29)16-3-6-18(7-4-16)32-19-9-12-27-13-10-19/h2-8,15,19,24,27-28H,1,9-14H2/t24-/m0/s1. The summed E-state index contributed by atoms with van der Waals surface area (Å²) in [7, 11) is 0. The van der Waals surface area contributed by atoms with E-state index in [-0.39, 0.29) is 12.1 Å². The highest BCUT2D eigenvalue weighted by Gasteiger charge is 2.35. The third kappa shape index (κ3) is 3.96. The Morgan fingerprint density at radius 2 is 1.94 bits per heavy atom. The molecule has 1 atom stereocenters. The highest BCUT2D eigenvalue weighted by molar-refractivity contribution is 6.31. The number of halogens is 1. The largest absolute Gasteiger partial charge is 0.490 e. The van der Waals surface area contributed by atoms with Crippen LogP contribution in [0.15, 0.2) is 55.3 Å². The van der Waals surface area contributed by atoms with Gasteiger partial charge in [-0.15, -0.1) is 0 Å². The molecule has 2 aliphatic rings. The van der Waals surface area contributed by atoms with Gasteiger partial charge in [0.15, 0.2) is 0 Å². The summed E-state index contributed by atoms with van der Waals surface area (Å²) >= 11 is 6.26. The molecule has 0 bridgehead atoms. The van der Waals surface area contributed by atoms with Crippen LogP contribution >= 0.6 is 11.6 Å². The number of nitrogens with zero attached hydrogens (tertiary/aromatic N) is 1. The molecule has 1 amide bonds. The van der Waals surface area contributed by atoms with Crippen LogP contribution in [0, 0.1) is 0 Å². The Kier molecular flexibility index (Phi) is 5.81. The number of nitrogens with one attached hydrogen (secondary N) is 2. The lowest BCUT2D eigenvalue weighted by atomic mass is 9.92. The van der Waals surface area contributed by atoms with Gasteiger partial charge in [-0.25, -0.2) is 4.79 Å². The van der Waals surface area contributed by atoms with Gasteiger partial charge in [-0.1, -0.05) is 30.3 Å². The molecule has 1 fully saturated rings. The molecule has 0 radical (unpaired) electrons. The van der Waals surface area contributed by atoms with E-state index in [0.29, 0.717) is 11.6 Å². The van der Waals surface area contributed by atoms with Gasteiger partial charge in [0.2, 0.25) is 0 Å². The molecule has 32 heavy (non-hydrogen) atoms. The van der Waals surface area contributed by atoms with Crippen molar-refractivity contribution in [3.05, 3.63) is 77.1 Å². The van der Waals surface area contributed by atoms with E-state index >= 15 is 0 Å². The molecule has 6 nitrogen and oxygen atoms in total.